The van der Waals surface area contributed by atoms with Gasteiger partial charge in [-0.05, 0) is 12.1 Å². The van der Waals surface area contributed by atoms with E-state index in [1.807, 2.05) is 0 Å². The lowest BCUT2D eigenvalue weighted by Crippen LogP contribution is -2.25. The number of aromatic carboxylic acids is 1. The summed E-state index contributed by atoms with van der Waals surface area (Å²) < 4.78 is 1.62. The van der Waals surface area contributed by atoms with Gasteiger partial charge in [-0.25, -0.2) is 4.79 Å². The summed E-state index contributed by atoms with van der Waals surface area (Å²) in [6.07, 6.45) is 4.76. The Morgan fingerprint density at radius 3 is 2.89 bits per heavy atom. The second-order valence-corrected chi connectivity index (χ2v) is 3.91. The van der Waals surface area contributed by atoms with E-state index in [1.165, 1.54) is 18.3 Å². The van der Waals surface area contributed by atoms with Gasteiger partial charge in [-0.15, -0.1) is 0 Å². The molecule has 0 radical (unpaired) electrons. The molecule has 0 aliphatic rings. The summed E-state index contributed by atoms with van der Waals surface area (Å²) in [5, 5.41) is 15.5. The highest BCUT2D eigenvalue weighted by Gasteiger charge is 2.17. The molecule has 0 spiro atoms. The molecule has 0 bridgehead atoms. The van der Waals surface area contributed by atoms with E-state index in [0.717, 1.165) is 5.56 Å². The first-order valence-corrected chi connectivity index (χ1v) is 5.52. The van der Waals surface area contributed by atoms with Crippen molar-refractivity contribution in [2.75, 3.05) is 0 Å². The van der Waals surface area contributed by atoms with Gasteiger partial charge in [-0.1, -0.05) is 0 Å². The minimum Gasteiger partial charge on any atom is -0.478 e. The van der Waals surface area contributed by atoms with Crippen LogP contribution in [0.4, 0.5) is 0 Å². The third-order valence-corrected chi connectivity index (χ3v) is 2.46. The Kier molecular flexibility index (Phi) is 3.56. The van der Waals surface area contributed by atoms with Gasteiger partial charge in [-0.3, -0.25) is 14.5 Å². The molecule has 19 heavy (non-hydrogen) atoms. The molecule has 0 atom stereocenters. The quantitative estimate of drug-likeness (QED) is 0.831. The van der Waals surface area contributed by atoms with Crippen molar-refractivity contribution in [1.82, 2.24) is 20.1 Å². The fourth-order valence-corrected chi connectivity index (χ4v) is 1.59. The molecule has 2 aromatic heterocycles. The van der Waals surface area contributed by atoms with Crippen molar-refractivity contribution in [2.24, 2.45) is 7.05 Å². The van der Waals surface area contributed by atoms with Crippen LogP contribution in [0.2, 0.25) is 0 Å². The average Bonchev–Trinajstić information content (AvgIpc) is 2.81. The van der Waals surface area contributed by atoms with Gasteiger partial charge < -0.3 is 10.4 Å². The molecule has 0 unspecified atom stereocenters. The summed E-state index contributed by atoms with van der Waals surface area (Å²) in [6.45, 7) is 0.266. The maximum atomic E-state index is 11.9. The molecular weight excluding hydrogens is 248 g/mol. The van der Waals surface area contributed by atoms with Crippen LogP contribution in [0.3, 0.4) is 0 Å². The van der Waals surface area contributed by atoms with Crippen LogP contribution in [0, 0.1) is 0 Å². The standard InChI is InChI=1S/C12H12N4O3/c1-16-7-8(6-15-16)5-14-11(17)10-9(12(18)19)3-2-4-13-10/h2-4,6-7H,5H2,1H3,(H,14,17)(H,18,19). The van der Waals surface area contributed by atoms with Crippen LogP contribution in [0.25, 0.3) is 0 Å². The summed E-state index contributed by atoms with van der Waals surface area (Å²) in [6, 6.07) is 2.82. The van der Waals surface area contributed by atoms with E-state index >= 15 is 0 Å². The van der Waals surface area contributed by atoms with Crippen molar-refractivity contribution in [3.8, 4) is 0 Å². The minimum atomic E-state index is -1.18. The lowest BCUT2D eigenvalue weighted by atomic mass is 10.2. The van der Waals surface area contributed by atoms with Crippen molar-refractivity contribution in [3.05, 3.63) is 47.5 Å². The van der Waals surface area contributed by atoms with E-state index in [2.05, 4.69) is 15.4 Å². The molecule has 0 aliphatic carbocycles. The number of nitrogens with zero attached hydrogens (tertiary/aromatic N) is 3. The van der Waals surface area contributed by atoms with Gasteiger partial charge in [-0.2, -0.15) is 5.10 Å². The molecule has 0 saturated carbocycles. The molecule has 7 nitrogen and oxygen atoms in total. The number of hydrogen-bond acceptors (Lipinski definition) is 4. The molecule has 2 heterocycles. The Balaban J connectivity index is 2.10. The minimum absolute atomic E-state index is 0.0982. The highest BCUT2D eigenvalue weighted by molar-refractivity contribution is 6.03. The molecule has 1 amide bonds. The summed E-state index contributed by atoms with van der Waals surface area (Å²) in [5.41, 5.74) is 0.605. The van der Waals surface area contributed by atoms with E-state index in [4.69, 9.17) is 5.11 Å². The molecule has 0 fully saturated rings. The first-order valence-electron chi connectivity index (χ1n) is 5.52. The number of nitrogens with one attached hydrogen (secondary N) is 1. The lowest BCUT2D eigenvalue weighted by Gasteiger charge is -2.05. The predicted octanol–water partition coefficient (Wildman–Crippen LogP) is 0.443. The summed E-state index contributed by atoms with van der Waals surface area (Å²) >= 11 is 0. The van der Waals surface area contributed by atoms with Crippen LogP contribution in [0.15, 0.2) is 30.7 Å². The third-order valence-electron chi connectivity index (χ3n) is 2.46. The number of hydrogen-bond donors (Lipinski definition) is 2. The van der Waals surface area contributed by atoms with Crippen molar-refractivity contribution in [3.63, 3.8) is 0 Å². The van der Waals surface area contributed by atoms with Gasteiger partial charge in [0.1, 0.15) is 5.69 Å². The Labute approximate surface area is 108 Å². The Hall–Kier alpha value is -2.70. The van der Waals surface area contributed by atoms with Crippen molar-refractivity contribution < 1.29 is 14.7 Å². The first-order chi connectivity index (χ1) is 9.08. The Bertz CT molecular complexity index is 621. The fraction of sp³-hybridized carbons (Fsp3) is 0.167. The Morgan fingerprint density at radius 1 is 1.47 bits per heavy atom. The molecule has 2 aromatic rings. The number of pyridine rings is 1. The second-order valence-electron chi connectivity index (χ2n) is 3.91. The number of carboxylic acids is 1. The predicted molar refractivity (Wildman–Crippen MR) is 65.6 cm³/mol. The monoisotopic (exact) mass is 260 g/mol. The lowest BCUT2D eigenvalue weighted by molar-refractivity contribution is 0.0690. The van der Waals surface area contributed by atoms with Gasteiger partial charge >= 0.3 is 5.97 Å². The van der Waals surface area contributed by atoms with Crippen molar-refractivity contribution >= 4 is 11.9 Å². The second kappa shape index (κ2) is 5.30. The zero-order valence-electron chi connectivity index (χ0n) is 10.2. The number of amides is 1. The number of aromatic nitrogens is 3. The van der Waals surface area contributed by atoms with Crippen LogP contribution in [0.1, 0.15) is 26.4 Å². The van der Waals surface area contributed by atoms with E-state index in [0.29, 0.717) is 0 Å². The fourth-order valence-electron chi connectivity index (χ4n) is 1.59. The van der Waals surface area contributed by atoms with Crippen LogP contribution in [0.5, 0.6) is 0 Å². The van der Waals surface area contributed by atoms with Crippen LogP contribution in [-0.2, 0) is 13.6 Å². The molecule has 2 rings (SSSR count). The molecule has 2 N–H and O–H groups in total. The van der Waals surface area contributed by atoms with Crippen LogP contribution < -0.4 is 5.32 Å². The SMILES string of the molecule is Cn1cc(CNC(=O)c2ncccc2C(=O)O)cn1. The molecular formula is C12H12N4O3. The highest BCUT2D eigenvalue weighted by Crippen LogP contribution is 2.05. The van der Waals surface area contributed by atoms with E-state index in [1.54, 1.807) is 24.1 Å². The number of aryl methyl sites for hydroxylation is 1. The number of carbonyl (C=O) groups is 2. The third kappa shape index (κ3) is 2.95. The number of rotatable bonds is 4. The summed E-state index contributed by atoms with van der Waals surface area (Å²) in [5.74, 6) is -1.71. The summed E-state index contributed by atoms with van der Waals surface area (Å²) in [7, 11) is 1.77. The van der Waals surface area contributed by atoms with E-state index < -0.39 is 11.9 Å². The zero-order valence-corrected chi connectivity index (χ0v) is 10.2. The van der Waals surface area contributed by atoms with Crippen LogP contribution >= 0.6 is 0 Å². The van der Waals surface area contributed by atoms with Gasteiger partial charge in [0.15, 0.2) is 0 Å². The maximum absolute atomic E-state index is 11.9. The molecule has 0 aliphatic heterocycles. The normalized spacial score (nSPS) is 10.2. The topological polar surface area (TPSA) is 97.1 Å². The van der Waals surface area contributed by atoms with Crippen LogP contribution in [-0.4, -0.2) is 31.7 Å². The van der Waals surface area contributed by atoms with Crippen molar-refractivity contribution in [2.45, 2.75) is 6.54 Å². The van der Waals surface area contributed by atoms with Crippen molar-refractivity contribution in [1.29, 1.82) is 0 Å². The van der Waals surface area contributed by atoms with Gasteiger partial charge in [0.05, 0.1) is 11.8 Å². The smallest absolute Gasteiger partial charge is 0.338 e. The molecule has 7 heteroatoms. The van der Waals surface area contributed by atoms with Gasteiger partial charge in [0, 0.05) is 31.5 Å². The molecule has 0 aromatic carbocycles. The first kappa shape index (κ1) is 12.7. The van der Waals surface area contributed by atoms with E-state index in [-0.39, 0.29) is 17.8 Å². The highest BCUT2D eigenvalue weighted by atomic mass is 16.4. The number of carboxylic acid groups (broad SMARTS) is 1. The van der Waals surface area contributed by atoms with E-state index in [9.17, 15) is 9.59 Å². The zero-order chi connectivity index (χ0) is 13.8. The number of carbonyl (C=O) groups excluding carboxylic acids is 1. The summed E-state index contributed by atoms with van der Waals surface area (Å²) in [4.78, 5) is 26.7. The van der Waals surface area contributed by atoms with Gasteiger partial charge in [0.25, 0.3) is 5.91 Å². The average molecular weight is 260 g/mol. The molecule has 98 valence electrons. The maximum Gasteiger partial charge on any atom is 0.338 e. The van der Waals surface area contributed by atoms with Gasteiger partial charge in [0.2, 0.25) is 0 Å². The Morgan fingerprint density at radius 2 is 2.26 bits per heavy atom. The molecule has 0 saturated heterocycles. The largest absolute Gasteiger partial charge is 0.478 e.